The fraction of sp³-hybridized carbons (Fsp3) is 0.458. The van der Waals surface area contributed by atoms with E-state index in [9.17, 15) is 5.11 Å². The lowest BCUT2D eigenvalue weighted by atomic mass is 10.0. The molecule has 1 fully saturated rings. The van der Waals surface area contributed by atoms with Crippen molar-refractivity contribution in [3.8, 4) is 11.5 Å². The van der Waals surface area contributed by atoms with Gasteiger partial charge in [-0.2, -0.15) is 0 Å². The summed E-state index contributed by atoms with van der Waals surface area (Å²) < 4.78 is 10.6. The van der Waals surface area contributed by atoms with E-state index in [1.807, 2.05) is 19.1 Å². The number of hydrogen-bond donors (Lipinski definition) is 3. The number of hydrogen-bond acceptors (Lipinski definition) is 5. The first-order chi connectivity index (χ1) is 15.1. The molecule has 176 valence electrons. The zero-order chi connectivity index (χ0) is 22.1. The number of aliphatic imine (C=N–C) groups is 1. The molecule has 8 heteroatoms. The average molecular weight is 554 g/mol. The number of nitrogens with zero attached hydrogens (tertiary/aromatic N) is 2. The SMILES string of the molecule is CCNC(=NCC(O)c1ccc(OC)c(OC)c1)NC1CCCN(c2ccccc2)C1.I. The first kappa shape index (κ1) is 26.1. The third kappa shape index (κ3) is 7.16. The molecule has 2 aromatic rings. The molecule has 3 N–H and O–H groups in total. The van der Waals surface area contributed by atoms with Crippen LogP contribution in [0.4, 0.5) is 5.69 Å². The molecular formula is C24H35IN4O3. The number of aliphatic hydroxyl groups is 1. The molecule has 0 amide bonds. The summed E-state index contributed by atoms with van der Waals surface area (Å²) in [5.41, 5.74) is 1.99. The minimum atomic E-state index is -0.734. The first-order valence-electron chi connectivity index (χ1n) is 10.9. The average Bonchev–Trinajstić information content (AvgIpc) is 2.82. The number of rotatable bonds is 8. The number of ether oxygens (including phenoxy) is 2. The molecular weight excluding hydrogens is 519 g/mol. The predicted molar refractivity (Wildman–Crippen MR) is 141 cm³/mol. The molecule has 0 saturated carbocycles. The Kier molecular flexibility index (Phi) is 10.9. The molecule has 1 heterocycles. The molecule has 3 rings (SSSR count). The summed E-state index contributed by atoms with van der Waals surface area (Å²) in [4.78, 5) is 7.04. The second kappa shape index (κ2) is 13.4. The number of guanidine groups is 1. The molecule has 0 aliphatic carbocycles. The van der Waals surface area contributed by atoms with Crippen LogP contribution in [-0.2, 0) is 0 Å². The van der Waals surface area contributed by atoms with Crippen LogP contribution in [0.15, 0.2) is 53.5 Å². The highest BCUT2D eigenvalue weighted by Crippen LogP contribution is 2.30. The maximum atomic E-state index is 10.7. The van der Waals surface area contributed by atoms with Gasteiger partial charge in [-0.1, -0.05) is 24.3 Å². The van der Waals surface area contributed by atoms with Crippen molar-refractivity contribution in [2.24, 2.45) is 4.99 Å². The summed E-state index contributed by atoms with van der Waals surface area (Å²) in [5.74, 6) is 1.95. The van der Waals surface area contributed by atoms with Crippen LogP contribution in [0, 0.1) is 0 Å². The summed E-state index contributed by atoms with van der Waals surface area (Å²) >= 11 is 0. The summed E-state index contributed by atoms with van der Waals surface area (Å²) in [6.45, 7) is 5.03. The van der Waals surface area contributed by atoms with Crippen molar-refractivity contribution in [2.75, 3.05) is 45.3 Å². The molecule has 1 saturated heterocycles. The number of halogens is 1. The van der Waals surface area contributed by atoms with Gasteiger partial charge in [0.15, 0.2) is 17.5 Å². The van der Waals surface area contributed by atoms with Crippen LogP contribution in [-0.4, -0.2) is 57.5 Å². The fourth-order valence-electron chi connectivity index (χ4n) is 3.82. The molecule has 1 aliphatic rings. The topological polar surface area (TPSA) is 78.4 Å². The van der Waals surface area contributed by atoms with Crippen LogP contribution in [0.5, 0.6) is 11.5 Å². The second-order valence-electron chi connectivity index (χ2n) is 7.61. The van der Waals surface area contributed by atoms with E-state index in [-0.39, 0.29) is 30.5 Å². The van der Waals surface area contributed by atoms with Crippen LogP contribution in [0.2, 0.25) is 0 Å². The van der Waals surface area contributed by atoms with Gasteiger partial charge in [-0.05, 0) is 49.6 Å². The number of para-hydroxylation sites is 1. The van der Waals surface area contributed by atoms with Crippen LogP contribution in [0.1, 0.15) is 31.4 Å². The molecule has 32 heavy (non-hydrogen) atoms. The lowest BCUT2D eigenvalue weighted by Gasteiger charge is -2.35. The Morgan fingerprint density at radius 3 is 2.59 bits per heavy atom. The molecule has 1 aliphatic heterocycles. The monoisotopic (exact) mass is 554 g/mol. The van der Waals surface area contributed by atoms with E-state index >= 15 is 0 Å². The number of aliphatic hydroxyl groups excluding tert-OH is 1. The highest BCUT2D eigenvalue weighted by atomic mass is 127. The van der Waals surface area contributed by atoms with Gasteiger partial charge in [0.1, 0.15) is 0 Å². The molecule has 2 unspecified atom stereocenters. The van der Waals surface area contributed by atoms with Crippen LogP contribution in [0.25, 0.3) is 0 Å². The van der Waals surface area contributed by atoms with E-state index in [1.54, 1.807) is 26.4 Å². The van der Waals surface area contributed by atoms with E-state index in [2.05, 4.69) is 44.8 Å². The lowest BCUT2D eigenvalue weighted by molar-refractivity contribution is 0.186. The maximum Gasteiger partial charge on any atom is 0.191 e. The summed E-state index contributed by atoms with van der Waals surface area (Å²) in [5, 5.41) is 17.5. The Balaban J connectivity index is 0.00000363. The summed E-state index contributed by atoms with van der Waals surface area (Å²) in [7, 11) is 3.18. The Morgan fingerprint density at radius 1 is 1.16 bits per heavy atom. The van der Waals surface area contributed by atoms with Gasteiger partial charge >= 0.3 is 0 Å². The molecule has 0 aromatic heterocycles. The third-order valence-electron chi connectivity index (χ3n) is 5.44. The van der Waals surface area contributed by atoms with Gasteiger partial charge in [0.2, 0.25) is 0 Å². The number of nitrogens with one attached hydrogen (secondary N) is 2. The minimum absolute atomic E-state index is 0. The zero-order valence-electron chi connectivity index (χ0n) is 19.1. The van der Waals surface area contributed by atoms with Crippen molar-refractivity contribution in [1.29, 1.82) is 0 Å². The standard InChI is InChI=1S/C24H34N4O3.HI/c1-4-25-24(26-16-21(29)18-12-13-22(30-2)23(15-18)31-3)27-19-9-8-14-28(17-19)20-10-6-5-7-11-20;/h5-7,10-13,15,19,21,29H,4,8-9,14,16-17H2,1-3H3,(H2,25,26,27);1H. The number of piperidine rings is 1. The molecule has 0 bridgehead atoms. The molecule has 7 nitrogen and oxygen atoms in total. The maximum absolute atomic E-state index is 10.7. The van der Waals surface area contributed by atoms with Gasteiger partial charge in [-0.25, -0.2) is 0 Å². The quantitative estimate of drug-likeness (QED) is 0.263. The van der Waals surface area contributed by atoms with Gasteiger partial charge in [0, 0.05) is 31.4 Å². The van der Waals surface area contributed by atoms with Crippen molar-refractivity contribution in [3.63, 3.8) is 0 Å². The lowest BCUT2D eigenvalue weighted by Crippen LogP contribution is -2.51. The van der Waals surface area contributed by atoms with E-state index in [0.717, 1.165) is 44.0 Å². The summed E-state index contributed by atoms with van der Waals surface area (Å²) in [6.07, 6.45) is 1.48. The Hall–Kier alpha value is -2.20. The van der Waals surface area contributed by atoms with Gasteiger partial charge in [-0.15, -0.1) is 24.0 Å². The van der Waals surface area contributed by atoms with Gasteiger partial charge in [-0.3, -0.25) is 4.99 Å². The zero-order valence-corrected chi connectivity index (χ0v) is 21.4. The molecule has 2 atom stereocenters. The Morgan fingerprint density at radius 2 is 1.91 bits per heavy atom. The van der Waals surface area contributed by atoms with Gasteiger partial charge < -0.3 is 30.1 Å². The van der Waals surface area contributed by atoms with Crippen molar-refractivity contribution in [2.45, 2.75) is 31.9 Å². The minimum Gasteiger partial charge on any atom is -0.493 e. The molecule has 0 spiro atoms. The smallest absolute Gasteiger partial charge is 0.191 e. The van der Waals surface area contributed by atoms with Gasteiger partial charge in [0.05, 0.1) is 26.9 Å². The van der Waals surface area contributed by atoms with E-state index < -0.39 is 6.10 Å². The third-order valence-corrected chi connectivity index (χ3v) is 5.44. The van der Waals surface area contributed by atoms with Crippen LogP contribution in [0.3, 0.4) is 0 Å². The van der Waals surface area contributed by atoms with Crippen LogP contribution >= 0.6 is 24.0 Å². The van der Waals surface area contributed by atoms with Crippen molar-refractivity contribution >= 4 is 35.6 Å². The Bertz CT molecular complexity index is 850. The molecule has 2 aromatic carbocycles. The van der Waals surface area contributed by atoms with E-state index in [0.29, 0.717) is 17.5 Å². The molecule has 0 radical (unpaired) electrons. The van der Waals surface area contributed by atoms with E-state index in [4.69, 9.17) is 9.47 Å². The fourth-order valence-corrected chi connectivity index (χ4v) is 3.82. The highest BCUT2D eigenvalue weighted by molar-refractivity contribution is 14.0. The largest absolute Gasteiger partial charge is 0.493 e. The van der Waals surface area contributed by atoms with Crippen molar-refractivity contribution in [1.82, 2.24) is 10.6 Å². The first-order valence-corrected chi connectivity index (χ1v) is 10.9. The highest BCUT2D eigenvalue weighted by Gasteiger charge is 2.21. The van der Waals surface area contributed by atoms with Gasteiger partial charge in [0.25, 0.3) is 0 Å². The van der Waals surface area contributed by atoms with Crippen LogP contribution < -0.4 is 25.0 Å². The van der Waals surface area contributed by atoms with Crippen molar-refractivity contribution in [3.05, 3.63) is 54.1 Å². The normalized spacial score (nSPS) is 17.2. The number of benzene rings is 2. The number of methoxy groups -OCH3 is 2. The predicted octanol–water partition coefficient (Wildman–Crippen LogP) is 3.58. The Labute approximate surface area is 208 Å². The summed E-state index contributed by atoms with van der Waals surface area (Å²) in [6, 6.07) is 16.2. The van der Waals surface area contributed by atoms with E-state index in [1.165, 1.54) is 5.69 Å². The number of anilines is 1. The second-order valence-corrected chi connectivity index (χ2v) is 7.61. The van der Waals surface area contributed by atoms with Crippen molar-refractivity contribution < 1.29 is 14.6 Å².